The van der Waals surface area contributed by atoms with E-state index in [0.717, 1.165) is 18.4 Å². The first-order chi connectivity index (χ1) is 8.29. The van der Waals surface area contributed by atoms with E-state index in [0.29, 0.717) is 5.56 Å². The molecule has 1 amide bonds. The fourth-order valence-electron chi connectivity index (χ4n) is 1.87. The van der Waals surface area contributed by atoms with Crippen LogP contribution < -0.4 is 5.32 Å². The highest BCUT2D eigenvalue weighted by molar-refractivity contribution is 5.95. The highest BCUT2D eigenvalue weighted by Gasteiger charge is 2.09. The standard InChI is InChI=1S/C14H21NO2/c1-2-3-4-5-8-12-9-6-7-10-13(12)14(17)15-11-16/h6-7,9-10,16H,2-5,8,11H2,1H3,(H,15,17). The minimum Gasteiger partial charge on any atom is -0.376 e. The summed E-state index contributed by atoms with van der Waals surface area (Å²) in [6.45, 7) is 1.87. The molecule has 2 N–H and O–H groups in total. The van der Waals surface area contributed by atoms with E-state index in [1.807, 2.05) is 18.2 Å². The minimum absolute atomic E-state index is 0.196. The average molecular weight is 235 g/mol. The van der Waals surface area contributed by atoms with Crippen LogP contribution >= 0.6 is 0 Å². The van der Waals surface area contributed by atoms with Gasteiger partial charge in [0.1, 0.15) is 6.73 Å². The van der Waals surface area contributed by atoms with Crippen LogP contribution in [-0.4, -0.2) is 17.7 Å². The fourth-order valence-corrected chi connectivity index (χ4v) is 1.87. The lowest BCUT2D eigenvalue weighted by atomic mass is 10.0. The number of carbonyl (C=O) groups is 1. The highest BCUT2D eigenvalue weighted by Crippen LogP contribution is 2.13. The van der Waals surface area contributed by atoms with Gasteiger partial charge in [0.25, 0.3) is 5.91 Å². The first kappa shape index (κ1) is 13.7. The molecule has 3 heteroatoms. The highest BCUT2D eigenvalue weighted by atomic mass is 16.3. The molecular formula is C14H21NO2. The van der Waals surface area contributed by atoms with Crippen molar-refractivity contribution in [2.45, 2.75) is 39.0 Å². The van der Waals surface area contributed by atoms with Gasteiger partial charge in [0.05, 0.1) is 0 Å². The van der Waals surface area contributed by atoms with Crippen molar-refractivity contribution in [2.24, 2.45) is 0 Å². The van der Waals surface area contributed by atoms with Crippen LogP contribution in [0.2, 0.25) is 0 Å². The van der Waals surface area contributed by atoms with Crippen LogP contribution in [0.1, 0.15) is 48.5 Å². The van der Waals surface area contributed by atoms with Crippen molar-refractivity contribution in [3.8, 4) is 0 Å². The van der Waals surface area contributed by atoms with E-state index in [9.17, 15) is 4.79 Å². The molecule has 17 heavy (non-hydrogen) atoms. The molecule has 3 nitrogen and oxygen atoms in total. The molecule has 1 rings (SSSR count). The van der Waals surface area contributed by atoms with Gasteiger partial charge in [0.15, 0.2) is 0 Å². The molecule has 0 fully saturated rings. The van der Waals surface area contributed by atoms with E-state index < -0.39 is 0 Å². The number of amides is 1. The first-order valence-electron chi connectivity index (χ1n) is 6.26. The van der Waals surface area contributed by atoms with Gasteiger partial charge < -0.3 is 10.4 Å². The van der Waals surface area contributed by atoms with Crippen molar-refractivity contribution < 1.29 is 9.90 Å². The summed E-state index contributed by atoms with van der Waals surface area (Å²) in [5, 5.41) is 11.1. The number of rotatable bonds is 7. The van der Waals surface area contributed by atoms with Crippen LogP contribution in [0, 0.1) is 0 Å². The summed E-state index contributed by atoms with van der Waals surface area (Å²) < 4.78 is 0. The number of unbranched alkanes of at least 4 members (excludes halogenated alkanes) is 3. The third-order valence-corrected chi connectivity index (χ3v) is 2.80. The summed E-state index contributed by atoms with van der Waals surface area (Å²) in [6, 6.07) is 7.59. The Morgan fingerprint density at radius 2 is 2.00 bits per heavy atom. The van der Waals surface area contributed by atoms with Gasteiger partial charge in [-0.2, -0.15) is 0 Å². The van der Waals surface area contributed by atoms with Crippen LogP contribution in [0.3, 0.4) is 0 Å². The molecule has 0 bridgehead atoms. The van der Waals surface area contributed by atoms with Crippen LogP contribution in [0.4, 0.5) is 0 Å². The number of hydrogen-bond donors (Lipinski definition) is 2. The Morgan fingerprint density at radius 1 is 1.24 bits per heavy atom. The average Bonchev–Trinajstić information content (AvgIpc) is 2.35. The van der Waals surface area contributed by atoms with E-state index in [1.165, 1.54) is 19.3 Å². The van der Waals surface area contributed by atoms with Crippen LogP contribution in [-0.2, 0) is 6.42 Å². The normalized spacial score (nSPS) is 10.2. The number of aliphatic hydroxyl groups excluding tert-OH is 1. The maximum atomic E-state index is 11.7. The van der Waals surface area contributed by atoms with Crippen molar-refractivity contribution in [2.75, 3.05) is 6.73 Å². The Morgan fingerprint density at radius 3 is 2.71 bits per heavy atom. The topological polar surface area (TPSA) is 49.3 Å². The maximum Gasteiger partial charge on any atom is 0.253 e. The summed E-state index contributed by atoms with van der Waals surface area (Å²) in [6.07, 6.45) is 5.69. The Hall–Kier alpha value is -1.35. The van der Waals surface area contributed by atoms with Gasteiger partial charge in [-0.3, -0.25) is 4.79 Å². The molecule has 1 aromatic carbocycles. The van der Waals surface area contributed by atoms with E-state index in [1.54, 1.807) is 6.07 Å². The number of benzene rings is 1. The Balaban J connectivity index is 2.61. The molecule has 0 saturated carbocycles. The molecule has 0 spiro atoms. The molecular weight excluding hydrogens is 214 g/mol. The molecule has 1 aromatic rings. The number of aryl methyl sites for hydroxylation is 1. The molecule has 0 aliphatic rings. The second-order valence-electron chi connectivity index (χ2n) is 4.13. The predicted molar refractivity (Wildman–Crippen MR) is 68.8 cm³/mol. The van der Waals surface area contributed by atoms with Crippen molar-refractivity contribution in [3.05, 3.63) is 35.4 Å². The van der Waals surface area contributed by atoms with Gasteiger partial charge in [-0.15, -0.1) is 0 Å². The van der Waals surface area contributed by atoms with E-state index in [2.05, 4.69) is 12.2 Å². The zero-order valence-corrected chi connectivity index (χ0v) is 10.4. The lowest BCUT2D eigenvalue weighted by Crippen LogP contribution is -2.25. The molecule has 0 atom stereocenters. The lowest BCUT2D eigenvalue weighted by molar-refractivity contribution is 0.0909. The number of hydrogen-bond acceptors (Lipinski definition) is 2. The van der Waals surface area contributed by atoms with Gasteiger partial charge in [-0.1, -0.05) is 44.4 Å². The molecule has 0 aliphatic carbocycles. The summed E-state index contributed by atoms with van der Waals surface area (Å²) in [7, 11) is 0. The monoisotopic (exact) mass is 235 g/mol. The molecule has 0 radical (unpaired) electrons. The fraction of sp³-hybridized carbons (Fsp3) is 0.500. The Kier molecular flexibility index (Phi) is 6.33. The molecule has 0 heterocycles. The molecule has 0 unspecified atom stereocenters. The second kappa shape index (κ2) is 7.85. The molecule has 94 valence electrons. The van der Waals surface area contributed by atoms with Gasteiger partial charge in [0, 0.05) is 5.56 Å². The van der Waals surface area contributed by atoms with Gasteiger partial charge in [0.2, 0.25) is 0 Å². The zero-order chi connectivity index (χ0) is 12.5. The van der Waals surface area contributed by atoms with Crippen molar-refractivity contribution >= 4 is 5.91 Å². The van der Waals surface area contributed by atoms with Gasteiger partial charge in [-0.05, 0) is 24.5 Å². The smallest absolute Gasteiger partial charge is 0.253 e. The van der Waals surface area contributed by atoms with E-state index in [-0.39, 0.29) is 12.6 Å². The molecule has 0 saturated heterocycles. The van der Waals surface area contributed by atoms with Gasteiger partial charge >= 0.3 is 0 Å². The number of carbonyl (C=O) groups excluding carboxylic acids is 1. The summed E-state index contributed by atoms with van der Waals surface area (Å²) in [5.41, 5.74) is 1.74. The molecule has 0 aliphatic heterocycles. The van der Waals surface area contributed by atoms with Gasteiger partial charge in [-0.25, -0.2) is 0 Å². The Labute approximate surface area is 103 Å². The van der Waals surface area contributed by atoms with Crippen molar-refractivity contribution in [1.29, 1.82) is 0 Å². The van der Waals surface area contributed by atoms with Crippen LogP contribution in [0.5, 0.6) is 0 Å². The molecule has 0 aromatic heterocycles. The summed E-state index contributed by atoms with van der Waals surface area (Å²) >= 11 is 0. The zero-order valence-electron chi connectivity index (χ0n) is 10.4. The summed E-state index contributed by atoms with van der Waals surface area (Å²) in [4.78, 5) is 11.7. The third-order valence-electron chi connectivity index (χ3n) is 2.80. The Bertz CT molecular complexity index is 350. The lowest BCUT2D eigenvalue weighted by Gasteiger charge is -2.08. The quantitative estimate of drug-likeness (QED) is 0.563. The summed E-state index contributed by atoms with van der Waals surface area (Å²) in [5.74, 6) is -0.196. The van der Waals surface area contributed by atoms with Crippen molar-refractivity contribution in [3.63, 3.8) is 0 Å². The minimum atomic E-state index is -0.316. The van der Waals surface area contributed by atoms with Crippen LogP contribution in [0.15, 0.2) is 24.3 Å². The SMILES string of the molecule is CCCCCCc1ccccc1C(=O)NCO. The number of nitrogens with one attached hydrogen (secondary N) is 1. The largest absolute Gasteiger partial charge is 0.376 e. The maximum absolute atomic E-state index is 11.7. The first-order valence-corrected chi connectivity index (χ1v) is 6.26. The van der Waals surface area contributed by atoms with E-state index >= 15 is 0 Å². The third kappa shape index (κ3) is 4.57. The second-order valence-corrected chi connectivity index (χ2v) is 4.13. The number of aliphatic hydroxyl groups is 1. The predicted octanol–water partition coefficient (Wildman–Crippen LogP) is 2.49. The van der Waals surface area contributed by atoms with Crippen LogP contribution in [0.25, 0.3) is 0 Å². The van der Waals surface area contributed by atoms with E-state index in [4.69, 9.17) is 5.11 Å². The van der Waals surface area contributed by atoms with Crippen molar-refractivity contribution in [1.82, 2.24) is 5.32 Å².